The maximum Gasteiger partial charge on any atom is 0.295 e. The van der Waals surface area contributed by atoms with E-state index in [1.807, 2.05) is 38.1 Å². The lowest BCUT2D eigenvalue weighted by Gasteiger charge is -2.26. The third kappa shape index (κ3) is 4.39. The van der Waals surface area contributed by atoms with Gasteiger partial charge >= 0.3 is 0 Å². The number of rotatable bonds is 8. The Hall–Kier alpha value is -3.12. The molecule has 158 valence electrons. The number of para-hydroxylation sites is 1. The topological polar surface area (TPSA) is 76.1 Å². The molecule has 6 nitrogen and oxygen atoms in total. The molecule has 0 saturated carbocycles. The number of carbonyl (C=O) groups excluding carboxylic acids is 2. The summed E-state index contributed by atoms with van der Waals surface area (Å²) >= 11 is 0. The number of nitrogens with zero attached hydrogens (tertiary/aromatic N) is 1. The standard InChI is InChI=1S/C24H27NO5/c1-16(2)30-15-9-14-25-21(18-12-7-8-13-19(18)29-3)20(23(27)24(25)28)22(26)17-10-5-4-6-11-17/h4-8,10-13,16,21,26H,9,14-15H2,1-3H3/b22-20-. The van der Waals surface area contributed by atoms with E-state index in [2.05, 4.69) is 0 Å². The first kappa shape index (κ1) is 21.6. The van der Waals surface area contributed by atoms with Crippen LogP contribution in [0.1, 0.15) is 37.4 Å². The Morgan fingerprint density at radius 1 is 1.07 bits per heavy atom. The summed E-state index contributed by atoms with van der Waals surface area (Å²) in [5.74, 6) is -0.970. The van der Waals surface area contributed by atoms with Gasteiger partial charge in [-0.05, 0) is 26.3 Å². The maximum atomic E-state index is 13.0. The first-order chi connectivity index (χ1) is 14.5. The number of hydrogen-bond acceptors (Lipinski definition) is 5. The Bertz CT molecular complexity index is 936. The fourth-order valence-electron chi connectivity index (χ4n) is 3.63. The van der Waals surface area contributed by atoms with E-state index in [4.69, 9.17) is 9.47 Å². The molecule has 1 unspecified atom stereocenters. The van der Waals surface area contributed by atoms with E-state index in [-0.39, 0.29) is 17.4 Å². The molecule has 0 spiro atoms. The fraction of sp³-hybridized carbons (Fsp3) is 0.333. The van der Waals surface area contributed by atoms with Gasteiger partial charge in [-0.25, -0.2) is 0 Å². The molecule has 1 saturated heterocycles. The molecule has 1 heterocycles. The van der Waals surface area contributed by atoms with Crippen LogP contribution in [0, 0.1) is 0 Å². The van der Waals surface area contributed by atoms with Crippen molar-refractivity contribution in [2.75, 3.05) is 20.3 Å². The van der Waals surface area contributed by atoms with Gasteiger partial charge in [0.1, 0.15) is 11.5 Å². The molecule has 6 heteroatoms. The van der Waals surface area contributed by atoms with Crippen molar-refractivity contribution >= 4 is 17.4 Å². The SMILES string of the molecule is COc1ccccc1C1/C(=C(/O)c2ccccc2)C(=O)C(=O)N1CCCOC(C)C. The number of hydrogen-bond donors (Lipinski definition) is 1. The summed E-state index contributed by atoms with van der Waals surface area (Å²) in [4.78, 5) is 27.4. The van der Waals surface area contributed by atoms with Gasteiger partial charge in [-0.15, -0.1) is 0 Å². The van der Waals surface area contributed by atoms with E-state index in [9.17, 15) is 14.7 Å². The predicted octanol–water partition coefficient (Wildman–Crippen LogP) is 3.93. The van der Waals surface area contributed by atoms with Crippen LogP contribution in [0.25, 0.3) is 5.76 Å². The van der Waals surface area contributed by atoms with Crippen LogP contribution in [0.15, 0.2) is 60.2 Å². The normalized spacial score (nSPS) is 18.3. The zero-order chi connectivity index (χ0) is 21.7. The summed E-state index contributed by atoms with van der Waals surface area (Å²) in [5, 5.41) is 11.0. The molecule has 2 aromatic rings. The minimum absolute atomic E-state index is 0.0699. The van der Waals surface area contributed by atoms with Crippen molar-refractivity contribution in [3.8, 4) is 5.75 Å². The Labute approximate surface area is 176 Å². The van der Waals surface area contributed by atoms with Gasteiger partial charge < -0.3 is 19.5 Å². The lowest BCUT2D eigenvalue weighted by Crippen LogP contribution is -2.31. The zero-order valence-electron chi connectivity index (χ0n) is 17.5. The van der Waals surface area contributed by atoms with Crippen LogP contribution in [0.2, 0.25) is 0 Å². The molecule has 0 aliphatic carbocycles. The number of amides is 1. The molecule has 1 fully saturated rings. The van der Waals surface area contributed by atoms with E-state index in [0.717, 1.165) is 0 Å². The molecule has 3 rings (SSSR count). The number of ketones is 1. The Kier molecular flexibility index (Phi) is 6.90. The number of benzene rings is 2. The number of ether oxygens (including phenoxy) is 2. The van der Waals surface area contributed by atoms with Crippen molar-refractivity contribution < 1.29 is 24.2 Å². The number of methoxy groups -OCH3 is 1. The van der Waals surface area contributed by atoms with Crippen molar-refractivity contribution in [3.05, 3.63) is 71.3 Å². The second kappa shape index (κ2) is 9.59. The summed E-state index contributed by atoms with van der Waals surface area (Å²) in [7, 11) is 1.54. The van der Waals surface area contributed by atoms with E-state index >= 15 is 0 Å². The van der Waals surface area contributed by atoms with E-state index in [1.165, 1.54) is 4.90 Å². The number of likely N-dealkylation sites (tertiary alicyclic amines) is 1. The molecular formula is C24H27NO5. The van der Waals surface area contributed by atoms with Crippen LogP contribution < -0.4 is 4.74 Å². The third-order valence-electron chi connectivity index (χ3n) is 5.02. The molecule has 1 amide bonds. The third-order valence-corrected chi connectivity index (χ3v) is 5.02. The van der Waals surface area contributed by atoms with Crippen molar-refractivity contribution in [1.82, 2.24) is 4.90 Å². The van der Waals surface area contributed by atoms with Crippen LogP contribution in [0.4, 0.5) is 0 Å². The summed E-state index contributed by atoms with van der Waals surface area (Å²) < 4.78 is 11.1. The van der Waals surface area contributed by atoms with Gasteiger partial charge in [0.15, 0.2) is 0 Å². The first-order valence-corrected chi connectivity index (χ1v) is 10.0. The Morgan fingerprint density at radius 3 is 2.40 bits per heavy atom. The molecular weight excluding hydrogens is 382 g/mol. The van der Waals surface area contributed by atoms with Crippen molar-refractivity contribution in [1.29, 1.82) is 0 Å². The lowest BCUT2D eigenvalue weighted by atomic mass is 9.94. The summed E-state index contributed by atoms with van der Waals surface area (Å²) in [6.45, 7) is 4.69. The van der Waals surface area contributed by atoms with E-state index in [1.54, 1.807) is 37.4 Å². The summed E-state index contributed by atoms with van der Waals surface area (Å²) in [6, 6.07) is 15.3. The maximum absolute atomic E-state index is 13.0. The van der Waals surface area contributed by atoms with Crippen molar-refractivity contribution in [3.63, 3.8) is 0 Å². The highest BCUT2D eigenvalue weighted by molar-refractivity contribution is 6.46. The van der Waals surface area contributed by atoms with Gasteiger partial charge in [-0.2, -0.15) is 0 Å². The van der Waals surface area contributed by atoms with Crippen LogP contribution >= 0.6 is 0 Å². The van der Waals surface area contributed by atoms with Gasteiger partial charge in [0.25, 0.3) is 11.7 Å². The van der Waals surface area contributed by atoms with Gasteiger partial charge in [-0.1, -0.05) is 48.5 Å². The first-order valence-electron chi connectivity index (χ1n) is 10.0. The van der Waals surface area contributed by atoms with Crippen LogP contribution in [-0.2, 0) is 14.3 Å². The van der Waals surface area contributed by atoms with Gasteiger partial charge in [0, 0.05) is 24.3 Å². The van der Waals surface area contributed by atoms with Crippen LogP contribution in [0.3, 0.4) is 0 Å². The smallest absolute Gasteiger partial charge is 0.295 e. The van der Waals surface area contributed by atoms with E-state index < -0.39 is 17.7 Å². The highest BCUT2D eigenvalue weighted by Gasteiger charge is 2.46. The summed E-state index contributed by atoms with van der Waals surface area (Å²) in [6.07, 6.45) is 0.658. The van der Waals surface area contributed by atoms with E-state index in [0.29, 0.717) is 36.4 Å². The largest absolute Gasteiger partial charge is 0.507 e. The van der Waals surface area contributed by atoms with Crippen molar-refractivity contribution in [2.45, 2.75) is 32.4 Å². The fourth-order valence-corrected chi connectivity index (χ4v) is 3.63. The minimum Gasteiger partial charge on any atom is -0.507 e. The molecule has 0 aromatic heterocycles. The number of aliphatic hydroxyl groups excluding tert-OH is 1. The molecule has 30 heavy (non-hydrogen) atoms. The monoisotopic (exact) mass is 409 g/mol. The zero-order valence-corrected chi connectivity index (χ0v) is 17.5. The number of Topliss-reactive ketones (excluding diaryl/α,β-unsaturated/α-hetero) is 1. The Morgan fingerprint density at radius 2 is 1.73 bits per heavy atom. The molecule has 1 atom stereocenters. The minimum atomic E-state index is -0.736. The average Bonchev–Trinajstić information content (AvgIpc) is 3.01. The highest BCUT2D eigenvalue weighted by atomic mass is 16.5. The van der Waals surface area contributed by atoms with Crippen LogP contribution in [0.5, 0.6) is 5.75 Å². The second-order valence-corrected chi connectivity index (χ2v) is 7.37. The highest BCUT2D eigenvalue weighted by Crippen LogP contribution is 2.42. The van der Waals surface area contributed by atoms with Gasteiger partial charge in [-0.3, -0.25) is 9.59 Å². The lowest BCUT2D eigenvalue weighted by molar-refractivity contribution is -0.140. The van der Waals surface area contributed by atoms with Gasteiger partial charge in [0.05, 0.1) is 24.8 Å². The van der Waals surface area contributed by atoms with Crippen molar-refractivity contribution in [2.24, 2.45) is 0 Å². The molecule has 0 bridgehead atoms. The predicted molar refractivity (Wildman–Crippen MR) is 114 cm³/mol. The molecule has 0 radical (unpaired) electrons. The molecule has 1 N–H and O–H groups in total. The quantitative estimate of drug-likeness (QED) is 0.309. The number of carbonyl (C=O) groups is 2. The van der Waals surface area contributed by atoms with Crippen LogP contribution in [-0.4, -0.2) is 48.1 Å². The second-order valence-electron chi connectivity index (χ2n) is 7.37. The number of aliphatic hydroxyl groups is 1. The molecule has 2 aromatic carbocycles. The summed E-state index contributed by atoms with van der Waals surface area (Å²) in [5.41, 5.74) is 1.21. The van der Waals surface area contributed by atoms with Gasteiger partial charge in [0.2, 0.25) is 0 Å². The average molecular weight is 409 g/mol. The Balaban J connectivity index is 2.06. The molecule has 1 aliphatic rings. The molecule has 1 aliphatic heterocycles.